The summed E-state index contributed by atoms with van der Waals surface area (Å²) in [5.74, 6) is 0.0811. The number of halogens is 1. The highest BCUT2D eigenvalue weighted by Crippen LogP contribution is 2.38. The summed E-state index contributed by atoms with van der Waals surface area (Å²) in [5, 5.41) is 9.32. The standard InChI is InChI=1S/C37H34ClN3O9S/c1-6-47-28-17-25(12-13-27(28)49-20-31(42)46-5)33-32(36(44)48-7-2)21(3)40-37-41(33)35(43)30(51-37)16-24-14-26(38)34(29(15-24)45-4)50-19-23-10-8-22(18-39)9-11-23/h8-17,33H,6-7,19-20H2,1-5H3/b30-16+/t33-/m0/s1. The van der Waals surface area contributed by atoms with Gasteiger partial charge >= 0.3 is 11.9 Å². The minimum absolute atomic E-state index is 0.118. The molecule has 0 fully saturated rings. The predicted molar refractivity (Wildman–Crippen MR) is 189 cm³/mol. The number of carbonyl (C=O) groups excluding carboxylic acids is 2. The zero-order valence-electron chi connectivity index (χ0n) is 28.5. The number of aromatic nitrogens is 1. The fraction of sp³-hybridized carbons (Fsp3) is 0.270. The first-order chi connectivity index (χ1) is 24.6. The number of benzene rings is 3. The third-order valence-electron chi connectivity index (χ3n) is 7.69. The van der Waals surface area contributed by atoms with Crippen LogP contribution < -0.4 is 33.8 Å². The Morgan fingerprint density at radius 3 is 2.43 bits per heavy atom. The van der Waals surface area contributed by atoms with Crippen molar-refractivity contribution in [3.05, 3.63) is 113 Å². The summed E-state index contributed by atoms with van der Waals surface area (Å²) in [5.41, 5.74) is 2.65. The molecule has 264 valence electrons. The fourth-order valence-corrected chi connectivity index (χ4v) is 6.65. The normalized spacial score (nSPS) is 13.8. The highest BCUT2D eigenvalue weighted by atomic mass is 35.5. The second kappa shape index (κ2) is 16.4. The molecule has 5 rings (SSSR count). The zero-order chi connectivity index (χ0) is 36.7. The number of hydrogen-bond donors (Lipinski definition) is 0. The molecule has 0 saturated carbocycles. The molecule has 0 amide bonds. The molecule has 4 aromatic rings. The lowest BCUT2D eigenvalue weighted by molar-refractivity contribution is -0.143. The summed E-state index contributed by atoms with van der Waals surface area (Å²) >= 11 is 7.82. The van der Waals surface area contributed by atoms with E-state index in [1.165, 1.54) is 18.8 Å². The summed E-state index contributed by atoms with van der Waals surface area (Å²) in [6, 6.07) is 16.5. The lowest BCUT2D eigenvalue weighted by Crippen LogP contribution is -2.40. The van der Waals surface area contributed by atoms with Crippen LogP contribution in [0.5, 0.6) is 23.0 Å². The van der Waals surface area contributed by atoms with Crippen LogP contribution in [-0.4, -0.2) is 50.5 Å². The molecule has 1 aliphatic rings. The second-order valence-corrected chi connectivity index (χ2v) is 12.4. The van der Waals surface area contributed by atoms with Gasteiger partial charge in [0.1, 0.15) is 6.61 Å². The highest BCUT2D eigenvalue weighted by Gasteiger charge is 2.34. The first-order valence-electron chi connectivity index (χ1n) is 15.8. The van der Waals surface area contributed by atoms with E-state index in [2.05, 4.69) is 15.8 Å². The lowest BCUT2D eigenvalue weighted by atomic mass is 9.95. The van der Waals surface area contributed by atoms with Crippen LogP contribution in [-0.2, 0) is 25.7 Å². The molecular weight excluding hydrogens is 698 g/mol. The van der Waals surface area contributed by atoms with E-state index in [9.17, 15) is 14.4 Å². The van der Waals surface area contributed by atoms with Crippen LogP contribution in [0.15, 0.2) is 75.7 Å². The van der Waals surface area contributed by atoms with Crippen molar-refractivity contribution in [3.8, 4) is 29.1 Å². The van der Waals surface area contributed by atoms with E-state index < -0.39 is 23.5 Å². The number of fused-ring (bicyclic) bond motifs is 1. The van der Waals surface area contributed by atoms with E-state index in [4.69, 9.17) is 40.5 Å². The van der Waals surface area contributed by atoms with E-state index in [0.717, 1.165) is 16.9 Å². The smallest absolute Gasteiger partial charge is 0.343 e. The van der Waals surface area contributed by atoms with Gasteiger partial charge in [-0.15, -0.1) is 0 Å². The molecule has 0 spiro atoms. The van der Waals surface area contributed by atoms with Gasteiger partial charge in [0.25, 0.3) is 5.56 Å². The van der Waals surface area contributed by atoms with Crippen LogP contribution >= 0.6 is 22.9 Å². The molecule has 14 heteroatoms. The Labute approximate surface area is 302 Å². The van der Waals surface area contributed by atoms with Crippen molar-refractivity contribution in [1.29, 1.82) is 5.26 Å². The predicted octanol–water partition coefficient (Wildman–Crippen LogP) is 4.86. The SMILES string of the molecule is CCOC(=O)C1=C(C)N=c2s/c(=C/c3cc(Cl)c(OCc4ccc(C#N)cc4)c(OC)c3)c(=O)n2[C@H]1c1ccc(OCC(=O)OC)c(OCC)c1. The van der Waals surface area contributed by atoms with Gasteiger partial charge in [-0.3, -0.25) is 9.36 Å². The molecule has 12 nitrogen and oxygen atoms in total. The van der Waals surface area contributed by atoms with Gasteiger partial charge in [0.15, 0.2) is 34.4 Å². The Bertz CT molecular complexity index is 2220. The molecule has 2 heterocycles. The quantitative estimate of drug-likeness (QED) is 0.175. The molecule has 0 bridgehead atoms. The van der Waals surface area contributed by atoms with Gasteiger partial charge in [0.2, 0.25) is 0 Å². The van der Waals surface area contributed by atoms with Crippen molar-refractivity contribution in [1.82, 2.24) is 4.57 Å². The van der Waals surface area contributed by atoms with Gasteiger partial charge in [0.05, 0.1) is 65.9 Å². The third-order valence-corrected chi connectivity index (χ3v) is 8.95. The molecule has 0 radical (unpaired) electrons. The van der Waals surface area contributed by atoms with E-state index in [1.807, 2.05) is 0 Å². The number of ether oxygens (including phenoxy) is 6. The van der Waals surface area contributed by atoms with Gasteiger partial charge < -0.3 is 28.4 Å². The Morgan fingerprint density at radius 2 is 1.76 bits per heavy atom. The molecule has 1 aromatic heterocycles. The van der Waals surface area contributed by atoms with Crippen LogP contribution in [0.1, 0.15) is 49.1 Å². The number of carbonyl (C=O) groups is 2. The Balaban J connectivity index is 1.57. The molecule has 0 saturated heterocycles. The summed E-state index contributed by atoms with van der Waals surface area (Å²) in [6.07, 6.45) is 1.67. The Hall–Kier alpha value is -5.58. The number of allylic oxidation sites excluding steroid dienone is 1. The second-order valence-electron chi connectivity index (χ2n) is 10.9. The van der Waals surface area contributed by atoms with Crippen molar-refractivity contribution >= 4 is 41.0 Å². The van der Waals surface area contributed by atoms with Gasteiger partial charge in [-0.1, -0.05) is 41.1 Å². The van der Waals surface area contributed by atoms with Crippen molar-refractivity contribution in [2.45, 2.75) is 33.4 Å². The van der Waals surface area contributed by atoms with Gasteiger partial charge in [-0.25, -0.2) is 14.6 Å². The molecule has 51 heavy (non-hydrogen) atoms. The van der Waals surface area contributed by atoms with Gasteiger partial charge in [0, 0.05) is 0 Å². The summed E-state index contributed by atoms with van der Waals surface area (Å²) in [4.78, 5) is 44.4. The summed E-state index contributed by atoms with van der Waals surface area (Å²) in [6.45, 7) is 5.43. The van der Waals surface area contributed by atoms with Gasteiger partial charge in [-0.2, -0.15) is 5.26 Å². The molecule has 0 unspecified atom stereocenters. The number of hydrogen-bond acceptors (Lipinski definition) is 12. The molecule has 0 aliphatic carbocycles. The van der Waals surface area contributed by atoms with E-state index in [-0.39, 0.29) is 42.8 Å². The number of thiazole rings is 1. The molecule has 1 atom stereocenters. The summed E-state index contributed by atoms with van der Waals surface area (Å²) < 4.78 is 34.9. The van der Waals surface area contributed by atoms with Crippen LogP contribution in [0.2, 0.25) is 5.02 Å². The first kappa shape index (κ1) is 36.7. The van der Waals surface area contributed by atoms with E-state index in [0.29, 0.717) is 49.0 Å². The Morgan fingerprint density at radius 1 is 1.00 bits per heavy atom. The molecule has 1 aliphatic heterocycles. The number of esters is 2. The number of nitriles is 1. The molecule has 0 N–H and O–H groups in total. The average molecular weight is 732 g/mol. The third kappa shape index (κ3) is 8.09. The zero-order valence-corrected chi connectivity index (χ0v) is 30.1. The van der Waals surface area contributed by atoms with Crippen molar-refractivity contribution in [2.24, 2.45) is 4.99 Å². The maximum Gasteiger partial charge on any atom is 0.343 e. The number of methoxy groups -OCH3 is 2. The minimum Gasteiger partial charge on any atom is -0.493 e. The molecule has 3 aromatic carbocycles. The van der Waals surface area contributed by atoms with Crippen molar-refractivity contribution in [2.75, 3.05) is 34.0 Å². The van der Waals surface area contributed by atoms with Gasteiger partial charge in [-0.05, 0) is 79.9 Å². The Kier molecular flexibility index (Phi) is 11.8. The highest BCUT2D eigenvalue weighted by molar-refractivity contribution is 7.07. The van der Waals surface area contributed by atoms with E-state index in [1.54, 1.807) is 81.4 Å². The van der Waals surface area contributed by atoms with E-state index >= 15 is 0 Å². The van der Waals surface area contributed by atoms with Crippen molar-refractivity contribution < 1.29 is 38.0 Å². The van der Waals surface area contributed by atoms with Crippen LogP contribution in [0.3, 0.4) is 0 Å². The van der Waals surface area contributed by atoms with Crippen LogP contribution in [0.4, 0.5) is 0 Å². The first-order valence-corrected chi connectivity index (χ1v) is 17.0. The van der Waals surface area contributed by atoms with Crippen LogP contribution in [0.25, 0.3) is 6.08 Å². The molecular formula is C37H34ClN3O9S. The maximum atomic E-state index is 14.2. The maximum absolute atomic E-state index is 14.2. The number of nitrogens with zero attached hydrogens (tertiary/aromatic N) is 3. The topological polar surface area (TPSA) is 148 Å². The largest absolute Gasteiger partial charge is 0.493 e. The minimum atomic E-state index is -0.924. The van der Waals surface area contributed by atoms with Crippen molar-refractivity contribution in [3.63, 3.8) is 0 Å². The summed E-state index contributed by atoms with van der Waals surface area (Å²) in [7, 11) is 2.75. The van der Waals surface area contributed by atoms with Crippen LogP contribution in [0, 0.1) is 11.3 Å². The lowest BCUT2D eigenvalue weighted by Gasteiger charge is -2.25. The number of rotatable bonds is 13. The average Bonchev–Trinajstić information content (AvgIpc) is 3.43. The monoisotopic (exact) mass is 731 g/mol. The fourth-order valence-electron chi connectivity index (χ4n) is 5.33.